The molecular weight excluding hydrogens is 373 g/mol. The Hall–Kier alpha value is 0.0600. The molecule has 1 aromatic rings. The fourth-order valence-corrected chi connectivity index (χ4v) is 2.83. The Labute approximate surface area is 139 Å². The first-order valence-corrected chi connectivity index (χ1v) is 7.02. The number of rotatable bonds is 3. The van der Waals surface area contributed by atoms with E-state index >= 15 is 0 Å². The van der Waals surface area contributed by atoms with Crippen molar-refractivity contribution in [1.29, 1.82) is 0 Å². The highest BCUT2D eigenvalue weighted by molar-refractivity contribution is 9.10. The van der Waals surface area contributed by atoms with Gasteiger partial charge in [0.25, 0.3) is 0 Å². The zero-order valence-electron chi connectivity index (χ0n) is 11.2. The van der Waals surface area contributed by atoms with Gasteiger partial charge >= 0.3 is 0 Å². The second kappa shape index (κ2) is 9.15. The maximum Gasteiger partial charge on any atom is 0.145 e. The summed E-state index contributed by atoms with van der Waals surface area (Å²) in [4.78, 5) is 2.14. The molecule has 116 valence electrons. The Bertz CT molecular complexity index is 429. The van der Waals surface area contributed by atoms with Crippen LogP contribution in [0.15, 0.2) is 16.6 Å². The molecule has 2 nitrogen and oxygen atoms in total. The molecule has 0 unspecified atom stereocenters. The molecule has 20 heavy (non-hydrogen) atoms. The van der Waals surface area contributed by atoms with E-state index in [0.29, 0.717) is 10.9 Å². The number of hydrogen-bond donors (Lipinski definition) is 1. The largest absolute Gasteiger partial charge is 0.314 e. The van der Waals surface area contributed by atoms with Gasteiger partial charge in [-0.3, -0.25) is 4.90 Å². The van der Waals surface area contributed by atoms with Gasteiger partial charge < -0.3 is 5.32 Å². The second-order valence-corrected chi connectivity index (χ2v) is 5.32. The SMILES string of the molecule is CC[C@@H](c1c(F)ccc(Br)c1F)N1CCNCC1.Cl.Cl. The molecule has 1 saturated heterocycles. The summed E-state index contributed by atoms with van der Waals surface area (Å²) in [5.74, 6) is -0.929. The highest BCUT2D eigenvalue weighted by Gasteiger charge is 2.26. The van der Waals surface area contributed by atoms with E-state index in [9.17, 15) is 8.78 Å². The Kier molecular flexibility index (Phi) is 9.18. The van der Waals surface area contributed by atoms with Crippen LogP contribution in [-0.2, 0) is 0 Å². The average Bonchev–Trinajstić information content (AvgIpc) is 2.40. The molecule has 1 heterocycles. The van der Waals surface area contributed by atoms with Gasteiger partial charge in [-0.05, 0) is 34.5 Å². The molecule has 1 atom stereocenters. The number of nitrogens with zero attached hydrogens (tertiary/aromatic N) is 1. The van der Waals surface area contributed by atoms with Gasteiger partial charge in [-0.2, -0.15) is 0 Å². The van der Waals surface area contributed by atoms with Crippen LogP contribution in [0, 0.1) is 11.6 Å². The lowest BCUT2D eigenvalue weighted by Crippen LogP contribution is -2.45. The maximum atomic E-state index is 14.1. The molecule has 0 aromatic heterocycles. The van der Waals surface area contributed by atoms with E-state index in [-0.39, 0.29) is 36.4 Å². The van der Waals surface area contributed by atoms with Crippen LogP contribution >= 0.6 is 40.7 Å². The summed E-state index contributed by atoms with van der Waals surface area (Å²) in [6.07, 6.45) is 0.699. The molecule has 0 amide bonds. The normalized spacial score (nSPS) is 17.0. The fraction of sp³-hybridized carbons (Fsp3) is 0.538. The molecule has 1 aromatic carbocycles. The molecule has 7 heteroatoms. The second-order valence-electron chi connectivity index (χ2n) is 4.47. The highest BCUT2D eigenvalue weighted by Crippen LogP contribution is 2.32. The zero-order chi connectivity index (χ0) is 13.1. The molecule has 1 fully saturated rings. The van der Waals surface area contributed by atoms with Crippen molar-refractivity contribution in [3.63, 3.8) is 0 Å². The van der Waals surface area contributed by atoms with Gasteiger partial charge in [0.2, 0.25) is 0 Å². The van der Waals surface area contributed by atoms with Crippen LogP contribution in [0.4, 0.5) is 8.78 Å². The first-order chi connectivity index (χ1) is 8.65. The van der Waals surface area contributed by atoms with Crippen LogP contribution in [-0.4, -0.2) is 31.1 Å². The van der Waals surface area contributed by atoms with Gasteiger partial charge in [0.05, 0.1) is 4.47 Å². The van der Waals surface area contributed by atoms with E-state index in [4.69, 9.17) is 0 Å². The lowest BCUT2D eigenvalue weighted by atomic mass is 10.0. The standard InChI is InChI=1S/C13H17BrF2N2.2ClH/c1-2-11(18-7-5-17-6-8-18)12-10(15)4-3-9(14)13(12)16;;/h3-4,11,17H,2,5-8H2,1H3;2*1H/t11-;;/m0../s1. The summed E-state index contributed by atoms with van der Waals surface area (Å²) < 4.78 is 28.4. The van der Waals surface area contributed by atoms with E-state index in [1.165, 1.54) is 12.1 Å². The van der Waals surface area contributed by atoms with Gasteiger partial charge in [0.15, 0.2) is 0 Å². The summed E-state index contributed by atoms with van der Waals surface area (Å²) in [7, 11) is 0. The minimum atomic E-state index is -0.472. The Morgan fingerprint density at radius 2 is 1.85 bits per heavy atom. The lowest BCUT2D eigenvalue weighted by Gasteiger charge is -2.35. The van der Waals surface area contributed by atoms with Crippen molar-refractivity contribution in [2.24, 2.45) is 0 Å². The van der Waals surface area contributed by atoms with Crippen LogP contribution in [0.25, 0.3) is 0 Å². The van der Waals surface area contributed by atoms with Gasteiger partial charge in [-0.1, -0.05) is 6.92 Å². The molecule has 0 radical (unpaired) electrons. The molecular formula is C13H19BrCl2F2N2. The number of halogens is 5. The third-order valence-electron chi connectivity index (χ3n) is 3.39. The van der Waals surface area contributed by atoms with Crippen molar-refractivity contribution in [2.45, 2.75) is 19.4 Å². The van der Waals surface area contributed by atoms with Crippen molar-refractivity contribution in [2.75, 3.05) is 26.2 Å². The molecule has 1 N–H and O–H groups in total. The predicted octanol–water partition coefficient (Wildman–Crippen LogP) is 3.93. The van der Waals surface area contributed by atoms with E-state index in [1.54, 1.807) is 0 Å². The molecule has 1 aliphatic rings. The third kappa shape index (κ3) is 4.28. The number of piperazine rings is 1. The molecule has 1 aliphatic heterocycles. The smallest absolute Gasteiger partial charge is 0.145 e. The monoisotopic (exact) mass is 390 g/mol. The molecule has 0 bridgehead atoms. The van der Waals surface area contributed by atoms with Crippen molar-refractivity contribution >= 4 is 40.7 Å². The number of nitrogens with one attached hydrogen (secondary N) is 1. The van der Waals surface area contributed by atoms with Gasteiger partial charge in [-0.15, -0.1) is 24.8 Å². The molecule has 0 aliphatic carbocycles. The quantitative estimate of drug-likeness (QED) is 0.785. The van der Waals surface area contributed by atoms with Crippen molar-refractivity contribution < 1.29 is 8.78 Å². The fourth-order valence-electron chi connectivity index (χ4n) is 2.49. The van der Waals surface area contributed by atoms with Crippen LogP contribution < -0.4 is 5.32 Å². The summed E-state index contributed by atoms with van der Waals surface area (Å²) >= 11 is 3.13. The van der Waals surface area contributed by atoms with Gasteiger partial charge in [-0.25, -0.2) is 8.78 Å². The van der Waals surface area contributed by atoms with Crippen molar-refractivity contribution in [3.8, 4) is 0 Å². The molecule has 0 spiro atoms. The van der Waals surface area contributed by atoms with Gasteiger partial charge in [0, 0.05) is 37.8 Å². The first-order valence-electron chi connectivity index (χ1n) is 6.23. The Balaban J connectivity index is 0.00000180. The van der Waals surface area contributed by atoms with Crippen molar-refractivity contribution in [1.82, 2.24) is 10.2 Å². The Morgan fingerprint density at radius 3 is 2.40 bits per heavy atom. The topological polar surface area (TPSA) is 15.3 Å². The first kappa shape index (κ1) is 20.1. The molecule has 2 rings (SSSR count). The van der Waals surface area contributed by atoms with Crippen LogP contribution in [0.1, 0.15) is 24.9 Å². The Morgan fingerprint density at radius 1 is 1.25 bits per heavy atom. The predicted molar refractivity (Wildman–Crippen MR) is 86.0 cm³/mol. The minimum Gasteiger partial charge on any atom is -0.314 e. The van der Waals surface area contributed by atoms with E-state index in [2.05, 4.69) is 26.1 Å². The van der Waals surface area contributed by atoms with E-state index in [1.807, 2.05) is 6.92 Å². The number of hydrogen-bond acceptors (Lipinski definition) is 2. The minimum absolute atomic E-state index is 0. The average molecular weight is 392 g/mol. The summed E-state index contributed by atoms with van der Waals surface area (Å²) in [6.45, 7) is 5.35. The van der Waals surface area contributed by atoms with Crippen LogP contribution in [0.2, 0.25) is 0 Å². The molecule has 0 saturated carbocycles. The maximum absolute atomic E-state index is 14.1. The van der Waals surface area contributed by atoms with Crippen LogP contribution in [0.5, 0.6) is 0 Å². The van der Waals surface area contributed by atoms with E-state index < -0.39 is 11.6 Å². The van der Waals surface area contributed by atoms with E-state index in [0.717, 1.165) is 26.2 Å². The summed E-state index contributed by atoms with van der Waals surface area (Å²) in [5.41, 5.74) is 0.189. The third-order valence-corrected chi connectivity index (χ3v) is 4.00. The van der Waals surface area contributed by atoms with Crippen molar-refractivity contribution in [3.05, 3.63) is 33.8 Å². The number of benzene rings is 1. The van der Waals surface area contributed by atoms with Crippen LogP contribution in [0.3, 0.4) is 0 Å². The van der Waals surface area contributed by atoms with Gasteiger partial charge in [0.1, 0.15) is 11.6 Å². The highest BCUT2D eigenvalue weighted by atomic mass is 79.9. The zero-order valence-corrected chi connectivity index (χ0v) is 14.4. The lowest BCUT2D eigenvalue weighted by molar-refractivity contribution is 0.162. The summed E-state index contributed by atoms with van der Waals surface area (Å²) in [5, 5.41) is 3.25. The summed E-state index contributed by atoms with van der Waals surface area (Å²) in [6, 6.07) is 2.55.